The molecule has 4 heteroatoms. The summed E-state index contributed by atoms with van der Waals surface area (Å²) in [5, 5.41) is 4.73. The fourth-order valence-corrected chi connectivity index (χ4v) is 2.88. The fraction of sp³-hybridized carbons (Fsp3) is 1.00. The van der Waals surface area contributed by atoms with E-state index >= 15 is 0 Å². The second-order valence-electron chi connectivity index (χ2n) is 3.04. The van der Waals surface area contributed by atoms with Crippen LogP contribution in [-0.2, 0) is 10.0 Å². The van der Waals surface area contributed by atoms with Crippen molar-refractivity contribution >= 4 is 10.0 Å². The van der Waals surface area contributed by atoms with Crippen molar-refractivity contribution in [3.05, 3.63) is 0 Å². The molecule has 0 aromatic carbocycles. The van der Waals surface area contributed by atoms with Crippen LogP contribution >= 0.6 is 0 Å². The molecule has 0 unspecified atom stereocenters. The van der Waals surface area contributed by atoms with Gasteiger partial charge in [0.2, 0.25) is 10.0 Å². The first kappa shape index (κ1) is 8.01. The van der Waals surface area contributed by atoms with Crippen LogP contribution in [0.5, 0.6) is 0 Å². The van der Waals surface area contributed by atoms with E-state index in [-0.39, 0.29) is 11.2 Å². The average Bonchev–Trinajstić information content (AvgIpc) is 2.11. The lowest BCUT2D eigenvalue weighted by Crippen LogP contribution is -2.30. The highest BCUT2D eigenvalue weighted by Gasteiger charge is 2.31. The van der Waals surface area contributed by atoms with E-state index in [9.17, 15) is 8.42 Å². The van der Waals surface area contributed by atoms with Crippen LogP contribution in [0.2, 0.25) is 0 Å². The van der Waals surface area contributed by atoms with Gasteiger partial charge in [-0.1, -0.05) is 13.3 Å². The van der Waals surface area contributed by atoms with Gasteiger partial charge in [0.15, 0.2) is 0 Å². The van der Waals surface area contributed by atoms with Crippen LogP contribution in [0.4, 0.5) is 0 Å². The predicted octanol–water partition coefficient (Wildman–Crippen LogP) is 0.464. The Labute approximate surface area is 61.7 Å². The van der Waals surface area contributed by atoms with Crippen molar-refractivity contribution in [1.82, 2.24) is 0 Å². The van der Waals surface area contributed by atoms with E-state index in [1.54, 1.807) is 0 Å². The minimum Gasteiger partial charge on any atom is -0.228 e. The monoisotopic (exact) mass is 163 g/mol. The van der Waals surface area contributed by atoms with Crippen LogP contribution in [0.25, 0.3) is 0 Å². The van der Waals surface area contributed by atoms with Gasteiger partial charge in [0, 0.05) is 0 Å². The maximum Gasteiger partial charge on any atom is 0.212 e. The molecule has 0 heterocycles. The number of sulfonamides is 1. The minimum atomic E-state index is -3.25. The van der Waals surface area contributed by atoms with Crippen LogP contribution in [0.15, 0.2) is 0 Å². The molecule has 1 fully saturated rings. The van der Waals surface area contributed by atoms with Gasteiger partial charge in [0.1, 0.15) is 0 Å². The zero-order valence-electron chi connectivity index (χ0n) is 6.08. The fourth-order valence-electron chi connectivity index (χ4n) is 1.60. The van der Waals surface area contributed by atoms with E-state index in [2.05, 4.69) is 0 Å². The maximum absolute atomic E-state index is 10.8. The quantitative estimate of drug-likeness (QED) is 0.610. The Morgan fingerprint density at radius 1 is 1.40 bits per heavy atom. The molecular formula is C6H13NO2S. The van der Waals surface area contributed by atoms with Gasteiger partial charge in [-0.05, 0) is 18.8 Å². The normalized spacial score (nSPS) is 34.6. The van der Waals surface area contributed by atoms with Gasteiger partial charge in [-0.15, -0.1) is 0 Å². The van der Waals surface area contributed by atoms with Crippen LogP contribution < -0.4 is 5.14 Å². The minimum absolute atomic E-state index is 0.259. The molecule has 1 aliphatic carbocycles. The summed E-state index contributed by atoms with van der Waals surface area (Å²) in [6.07, 6.45) is 2.75. The summed E-state index contributed by atoms with van der Waals surface area (Å²) in [5.74, 6) is 0.259. The number of nitrogens with two attached hydrogens (primary N) is 1. The zero-order valence-corrected chi connectivity index (χ0v) is 6.89. The molecule has 0 aromatic rings. The molecule has 2 atom stereocenters. The Morgan fingerprint density at radius 3 is 2.20 bits per heavy atom. The lowest BCUT2D eigenvalue weighted by Gasteiger charge is -2.11. The summed E-state index contributed by atoms with van der Waals surface area (Å²) in [6.45, 7) is 1.95. The van der Waals surface area contributed by atoms with Crippen molar-refractivity contribution in [3.63, 3.8) is 0 Å². The highest BCUT2D eigenvalue weighted by atomic mass is 32.2. The first-order chi connectivity index (χ1) is 4.52. The van der Waals surface area contributed by atoms with Crippen molar-refractivity contribution in [3.8, 4) is 0 Å². The summed E-state index contributed by atoms with van der Waals surface area (Å²) in [5.41, 5.74) is 0. The van der Waals surface area contributed by atoms with Gasteiger partial charge in [-0.3, -0.25) is 0 Å². The molecule has 1 saturated carbocycles. The van der Waals surface area contributed by atoms with Gasteiger partial charge in [-0.25, -0.2) is 13.6 Å². The topological polar surface area (TPSA) is 60.2 Å². The molecule has 3 nitrogen and oxygen atoms in total. The van der Waals surface area contributed by atoms with Crippen molar-refractivity contribution in [2.24, 2.45) is 11.1 Å². The number of hydrogen-bond donors (Lipinski definition) is 1. The first-order valence-electron chi connectivity index (χ1n) is 3.53. The Hall–Kier alpha value is -0.0900. The van der Waals surface area contributed by atoms with E-state index in [0.29, 0.717) is 0 Å². The van der Waals surface area contributed by atoms with E-state index in [4.69, 9.17) is 5.14 Å². The van der Waals surface area contributed by atoms with Crippen molar-refractivity contribution in [2.45, 2.75) is 31.4 Å². The molecule has 0 spiro atoms. The molecule has 0 amide bonds. The third kappa shape index (κ3) is 1.49. The van der Waals surface area contributed by atoms with Crippen molar-refractivity contribution in [2.75, 3.05) is 0 Å². The summed E-state index contributed by atoms with van der Waals surface area (Å²) >= 11 is 0. The van der Waals surface area contributed by atoms with E-state index < -0.39 is 10.0 Å². The molecular weight excluding hydrogens is 150 g/mol. The molecule has 1 rings (SSSR count). The Bertz CT molecular complexity index is 210. The van der Waals surface area contributed by atoms with Crippen LogP contribution in [0.3, 0.4) is 0 Å². The largest absolute Gasteiger partial charge is 0.228 e. The SMILES string of the molecule is C[C@@H]1CCC[C@H]1S(N)(=O)=O. The van der Waals surface area contributed by atoms with Gasteiger partial charge < -0.3 is 0 Å². The Kier molecular flexibility index (Phi) is 2.01. The van der Waals surface area contributed by atoms with E-state index in [1.807, 2.05) is 6.92 Å². The van der Waals surface area contributed by atoms with Crippen molar-refractivity contribution < 1.29 is 8.42 Å². The average molecular weight is 163 g/mol. The lowest BCUT2D eigenvalue weighted by molar-refractivity contribution is 0.546. The molecule has 0 saturated heterocycles. The smallest absolute Gasteiger partial charge is 0.212 e. The molecule has 60 valence electrons. The van der Waals surface area contributed by atoms with Crippen molar-refractivity contribution in [1.29, 1.82) is 0 Å². The number of hydrogen-bond acceptors (Lipinski definition) is 2. The predicted molar refractivity (Wildman–Crippen MR) is 39.9 cm³/mol. The third-order valence-corrected chi connectivity index (χ3v) is 3.75. The first-order valence-corrected chi connectivity index (χ1v) is 5.14. The van der Waals surface area contributed by atoms with Gasteiger partial charge in [0.05, 0.1) is 5.25 Å². The standard InChI is InChI=1S/C6H13NO2S/c1-5-3-2-4-6(5)10(7,8)9/h5-6H,2-4H2,1H3,(H2,7,8,9)/t5-,6-/m1/s1. The molecule has 2 N–H and O–H groups in total. The second kappa shape index (κ2) is 2.51. The van der Waals surface area contributed by atoms with Gasteiger partial charge in [-0.2, -0.15) is 0 Å². The summed E-state index contributed by atoms with van der Waals surface area (Å²) in [6, 6.07) is 0. The molecule has 0 bridgehead atoms. The Morgan fingerprint density at radius 2 is 2.00 bits per heavy atom. The molecule has 0 aliphatic heterocycles. The van der Waals surface area contributed by atoms with E-state index in [1.165, 1.54) is 0 Å². The third-order valence-electron chi connectivity index (χ3n) is 2.20. The molecule has 10 heavy (non-hydrogen) atoms. The Balaban J connectivity index is 2.74. The van der Waals surface area contributed by atoms with Crippen LogP contribution in [0, 0.1) is 5.92 Å². The lowest BCUT2D eigenvalue weighted by atomic mass is 10.1. The summed E-state index contributed by atoms with van der Waals surface area (Å²) < 4.78 is 21.6. The van der Waals surface area contributed by atoms with Gasteiger partial charge in [0.25, 0.3) is 0 Å². The summed E-state index contributed by atoms with van der Waals surface area (Å²) in [4.78, 5) is 0. The zero-order chi connectivity index (χ0) is 7.78. The van der Waals surface area contributed by atoms with Crippen LogP contribution in [-0.4, -0.2) is 13.7 Å². The number of rotatable bonds is 1. The molecule has 1 aliphatic rings. The molecule has 0 aromatic heterocycles. The van der Waals surface area contributed by atoms with Crippen LogP contribution in [0.1, 0.15) is 26.2 Å². The highest BCUT2D eigenvalue weighted by Crippen LogP contribution is 2.28. The highest BCUT2D eigenvalue weighted by molar-refractivity contribution is 7.89. The number of primary sulfonamides is 1. The molecule has 0 radical (unpaired) electrons. The second-order valence-corrected chi connectivity index (χ2v) is 4.82. The van der Waals surface area contributed by atoms with Gasteiger partial charge >= 0.3 is 0 Å². The summed E-state index contributed by atoms with van der Waals surface area (Å²) in [7, 11) is -3.25. The maximum atomic E-state index is 10.8. The van der Waals surface area contributed by atoms with E-state index in [0.717, 1.165) is 19.3 Å².